The monoisotopic (exact) mass is 349 g/mol. The van der Waals surface area contributed by atoms with E-state index in [1.165, 1.54) is 11.3 Å². The molecule has 0 atom stereocenters. The predicted octanol–water partition coefficient (Wildman–Crippen LogP) is 5.32. The molecule has 0 saturated heterocycles. The highest BCUT2D eigenvalue weighted by molar-refractivity contribution is 7.98. The molecule has 0 aliphatic carbocycles. The van der Waals surface area contributed by atoms with Gasteiger partial charge in [0.15, 0.2) is 5.13 Å². The third kappa shape index (κ3) is 3.19. The molecule has 7 heteroatoms. The number of nitrogens with zero attached hydrogens (tertiary/aromatic N) is 1. The maximum atomic E-state index is 12.0. The van der Waals surface area contributed by atoms with Crippen LogP contribution in [0.1, 0.15) is 0 Å². The van der Waals surface area contributed by atoms with Gasteiger partial charge in [-0.05, 0) is 30.5 Å². The van der Waals surface area contributed by atoms with E-state index in [0.29, 0.717) is 15.8 Å². The Bertz CT molecular complexity index is 835. The van der Waals surface area contributed by atoms with Crippen LogP contribution in [0.2, 0.25) is 5.02 Å². The number of carbonyl (C=O) groups is 1. The number of para-hydroxylation sites is 2. The number of hydrogen-bond acceptors (Lipinski definition) is 4. The largest absolute Gasteiger partial charge is 0.325 e. The molecule has 0 saturated carbocycles. The maximum absolute atomic E-state index is 12.0. The molecular formula is C15H12ClN3OS2. The van der Waals surface area contributed by atoms with E-state index in [1.807, 2.05) is 36.6 Å². The molecule has 3 aromatic rings. The number of carbonyl (C=O) groups excluding carboxylic acids is 1. The molecule has 0 fully saturated rings. The Labute approximate surface area is 140 Å². The number of hydrogen-bond donors (Lipinski definition) is 2. The number of aromatic nitrogens is 1. The SMILES string of the molecule is CSc1cccc2sc(NC(=O)Nc3ccccc3Cl)nc12. The minimum Gasteiger partial charge on any atom is -0.306 e. The van der Waals surface area contributed by atoms with Crippen LogP contribution in [0.15, 0.2) is 47.4 Å². The highest BCUT2D eigenvalue weighted by atomic mass is 35.5. The van der Waals surface area contributed by atoms with E-state index >= 15 is 0 Å². The minimum atomic E-state index is -0.363. The van der Waals surface area contributed by atoms with Crippen LogP contribution < -0.4 is 10.6 Å². The van der Waals surface area contributed by atoms with Gasteiger partial charge >= 0.3 is 6.03 Å². The quantitative estimate of drug-likeness (QED) is 0.629. The molecule has 0 spiro atoms. The topological polar surface area (TPSA) is 54.0 Å². The van der Waals surface area contributed by atoms with Crippen LogP contribution in [0.5, 0.6) is 0 Å². The summed E-state index contributed by atoms with van der Waals surface area (Å²) < 4.78 is 1.04. The van der Waals surface area contributed by atoms with Gasteiger partial charge in [-0.15, -0.1) is 11.8 Å². The Kier molecular flexibility index (Phi) is 4.52. The summed E-state index contributed by atoms with van der Waals surface area (Å²) in [5, 5.41) is 6.51. The van der Waals surface area contributed by atoms with Gasteiger partial charge in [0.1, 0.15) is 0 Å². The summed E-state index contributed by atoms with van der Waals surface area (Å²) in [6.45, 7) is 0. The fourth-order valence-corrected chi connectivity index (χ4v) is 3.65. The number of amides is 2. The number of halogens is 1. The lowest BCUT2D eigenvalue weighted by Gasteiger charge is -2.06. The molecular weight excluding hydrogens is 338 g/mol. The summed E-state index contributed by atoms with van der Waals surface area (Å²) >= 11 is 9.09. The molecule has 1 aromatic heterocycles. The Morgan fingerprint density at radius 2 is 2.00 bits per heavy atom. The van der Waals surface area contributed by atoms with Crippen molar-refractivity contribution in [1.29, 1.82) is 0 Å². The Morgan fingerprint density at radius 1 is 1.18 bits per heavy atom. The number of rotatable bonds is 3. The van der Waals surface area contributed by atoms with Gasteiger partial charge in [-0.25, -0.2) is 9.78 Å². The first kappa shape index (κ1) is 15.1. The number of fused-ring (bicyclic) bond motifs is 1. The van der Waals surface area contributed by atoms with Gasteiger partial charge < -0.3 is 5.32 Å². The maximum Gasteiger partial charge on any atom is 0.325 e. The minimum absolute atomic E-state index is 0.363. The van der Waals surface area contributed by atoms with Crippen molar-refractivity contribution in [2.24, 2.45) is 0 Å². The Balaban J connectivity index is 1.78. The summed E-state index contributed by atoms with van der Waals surface area (Å²) in [5.41, 5.74) is 1.47. The van der Waals surface area contributed by atoms with Crippen LogP contribution in [0.3, 0.4) is 0 Å². The fourth-order valence-electron chi connectivity index (χ4n) is 1.95. The number of urea groups is 1. The van der Waals surface area contributed by atoms with Crippen molar-refractivity contribution in [3.8, 4) is 0 Å². The number of benzene rings is 2. The lowest BCUT2D eigenvalue weighted by Crippen LogP contribution is -2.19. The molecule has 2 aromatic carbocycles. The van der Waals surface area contributed by atoms with Crippen molar-refractivity contribution < 1.29 is 4.79 Å². The lowest BCUT2D eigenvalue weighted by atomic mass is 10.3. The predicted molar refractivity (Wildman–Crippen MR) is 95.5 cm³/mol. The van der Waals surface area contributed by atoms with Crippen molar-refractivity contribution in [1.82, 2.24) is 4.98 Å². The molecule has 3 rings (SSSR count). The molecule has 0 aliphatic rings. The number of thiazole rings is 1. The second-order valence-electron chi connectivity index (χ2n) is 4.39. The second kappa shape index (κ2) is 6.56. The third-order valence-electron chi connectivity index (χ3n) is 2.94. The van der Waals surface area contributed by atoms with E-state index in [9.17, 15) is 4.79 Å². The Morgan fingerprint density at radius 3 is 2.77 bits per heavy atom. The first-order chi connectivity index (χ1) is 10.7. The van der Waals surface area contributed by atoms with E-state index in [2.05, 4.69) is 15.6 Å². The molecule has 2 amide bonds. The summed E-state index contributed by atoms with van der Waals surface area (Å²) in [6, 6.07) is 12.7. The third-order valence-corrected chi connectivity index (χ3v) is 4.98. The summed E-state index contributed by atoms with van der Waals surface area (Å²) in [4.78, 5) is 17.6. The lowest BCUT2D eigenvalue weighted by molar-refractivity contribution is 0.262. The average molecular weight is 350 g/mol. The molecule has 0 aliphatic heterocycles. The molecule has 0 bridgehead atoms. The van der Waals surface area contributed by atoms with Gasteiger partial charge in [-0.3, -0.25) is 5.32 Å². The van der Waals surface area contributed by atoms with Gasteiger partial charge in [0.25, 0.3) is 0 Å². The van der Waals surface area contributed by atoms with Crippen molar-refractivity contribution in [2.45, 2.75) is 4.90 Å². The highest BCUT2D eigenvalue weighted by Crippen LogP contribution is 2.32. The average Bonchev–Trinajstić information content (AvgIpc) is 2.91. The number of thioether (sulfide) groups is 1. The molecule has 0 unspecified atom stereocenters. The molecule has 2 N–H and O–H groups in total. The zero-order valence-corrected chi connectivity index (χ0v) is 14.0. The highest BCUT2D eigenvalue weighted by Gasteiger charge is 2.11. The fraction of sp³-hybridized carbons (Fsp3) is 0.0667. The second-order valence-corrected chi connectivity index (χ2v) is 6.67. The van der Waals surface area contributed by atoms with Gasteiger partial charge in [-0.1, -0.05) is 41.1 Å². The number of anilines is 2. The first-order valence-corrected chi connectivity index (χ1v) is 8.85. The molecule has 22 heavy (non-hydrogen) atoms. The van der Waals surface area contributed by atoms with Gasteiger partial charge in [-0.2, -0.15) is 0 Å². The normalized spacial score (nSPS) is 10.6. The number of nitrogens with one attached hydrogen (secondary N) is 2. The van der Waals surface area contributed by atoms with Crippen LogP contribution in [0.4, 0.5) is 15.6 Å². The van der Waals surface area contributed by atoms with Crippen LogP contribution in [-0.4, -0.2) is 17.3 Å². The van der Waals surface area contributed by atoms with Crippen LogP contribution >= 0.6 is 34.7 Å². The van der Waals surface area contributed by atoms with Gasteiger partial charge in [0, 0.05) is 4.90 Å². The zero-order valence-electron chi connectivity index (χ0n) is 11.6. The summed E-state index contributed by atoms with van der Waals surface area (Å²) in [7, 11) is 0. The van der Waals surface area contributed by atoms with E-state index < -0.39 is 0 Å². The molecule has 112 valence electrons. The molecule has 0 radical (unpaired) electrons. The Hall–Kier alpha value is -1.76. The zero-order chi connectivity index (χ0) is 15.5. The first-order valence-electron chi connectivity index (χ1n) is 6.43. The van der Waals surface area contributed by atoms with Crippen molar-refractivity contribution in [2.75, 3.05) is 16.9 Å². The van der Waals surface area contributed by atoms with E-state index in [1.54, 1.807) is 23.9 Å². The van der Waals surface area contributed by atoms with Gasteiger partial charge in [0.2, 0.25) is 0 Å². The van der Waals surface area contributed by atoms with Crippen LogP contribution in [-0.2, 0) is 0 Å². The van der Waals surface area contributed by atoms with E-state index in [0.717, 1.165) is 15.1 Å². The summed E-state index contributed by atoms with van der Waals surface area (Å²) in [6.07, 6.45) is 2.01. The van der Waals surface area contributed by atoms with E-state index in [4.69, 9.17) is 11.6 Å². The molecule has 1 heterocycles. The standard InChI is InChI=1S/C15H12ClN3OS2/c1-21-11-7-4-8-12-13(11)18-15(22-12)19-14(20)17-10-6-3-2-5-9(10)16/h2-8H,1H3,(H2,17,18,19,20). The van der Waals surface area contributed by atoms with Gasteiger partial charge in [0.05, 0.1) is 20.9 Å². The van der Waals surface area contributed by atoms with Crippen LogP contribution in [0.25, 0.3) is 10.2 Å². The van der Waals surface area contributed by atoms with E-state index in [-0.39, 0.29) is 6.03 Å². The molecule has 4 nitrogen and oxygen atoms in total. The van der Waals surface area contributed by atoms with Crippen molar-refractivity contribution >= 4 is 61.8 Å². The summed E-state index contributed by atoms with van der Waals surface area (Å²) in [5.74, 6) is 0. The van der Waals surface area contributed by atoms with Crippen molar-refractivity contribution in [3.63, 3.8) is 0 Å². The van der Waals surface area contributed by atoms with Crippen molar-refractivity contribution in [3.05, 3.63) is 47.5 Å². The van der Waals surface area contributed by atoms with Crippen LogP contribution in [0, 0.1) is 0 Å². The smallest absolute Gasteiger partial charge is 0.306 e.